The molecule has 1 fully saturated rings. The Bertz CT molecular complexity index is 356. The summed E-state index contributed by atoms with van der Waals surface area (Å²) in [5.74, 6) is 0.611. The molecule has 1 heteroatoms. The van der Waals surface area contributed by atoms with Gasteiger partial charge in [0.2, 0.25) is 0 Å². The third-order valence-electron chi connectivity index (χ3n) is 3.39. The van der Waals surface area contributed by atoms with Crippen molar-refractivity contribution in [3.63, 3.8) is 0 Å². The van der Waals surface area contributed by atoms with E-state index < -0.39 is 0 Å². The summed E-state index contributed by atoms with van der Waals surface area (Å²) in [7, 11) is 0. The highest BCUT2D eigenvalue weighted by atomic mass is 16.6. The molecule has 0 N–H and O–H groups in total. The van der Waals surface area contributed by atoms with Gasteiger partial charge in [-0.1, -0.05) is 30.7 Å². The first-order chi connectivity index (χ1) is 7.08. The molecular formula is C14H20O. The minimum Gasteiger partial charge on any atom is -0.370 e. The van der Waals surface area contributed by atoms with E-state index in [4.69, 9.17) is 4.74 Å². The third-order valence-corrected chi connectivity index (χ3v) is 3.39. The van der Waals surface area contributed by atoms with Crippen LogP contribution in [0, 0.1) is 13.8 Å². The van der Waals surface area contributed by atoms with Crippen LogP contribution in [0.4, 0.5) is 0 Å². The van der Waals surface area contributed by atoms with E-state index in [2.05, 4.69) is 45.9 Å². The Hall–Kier alpha value is -0.820. The highest BCUT2D eigenvalue weighted by Crippen LogP contribution is 2.33. The Kier molecular flexibility index (Phi) is 2.83. The van der Waals surface area contributed by atoms with Crippen molar-refractivity contribution in [2.45, 2.75) is 52.2 Å². The molecule has 3 unspecified atom stereocenters. The van der Waals surface area contributed by atoms with Gasteiger partial charge < -0.3 is 4.74 Å². The highest BCUT2D eigenvalue weighted by Gasteiger charge is 2.35. The van der Waals surface area contributed by atoms with Crippen molar-refractivity contribution < 1.29 is 4.74 Å². The Morgan fingerprint density at radius 1 is 1.33 bits per heavy atom. The minimum absolute atomic E-state index is 0.484. The van der Waals surface area contributed by atoms with Crippen molar-refractivity contribution in [3.05, 3.63) is 34.9 Å². The summed E-state index contributed by atoms with van der Waals surface area (Å²) in [4.78, 5) is 0. The number of hydrogen-bond acceptors (Lipinski definition) is 1. The molecule has 0 bridgehead atoms. The number of epoxide rings is 1. The molecule has 0 saturated carbocycles. The van der Waals surface area contributed by atoms with E-state index in [0.717, 1.165) is 6.42 Å². The van der Waals surface area contributed by atoms with Crippen molar-refractivity contribution in [2.75, 3.05) is 0 Å². The van der Waals surface area contributed by atoms with Gasteiger partial charge in [0, 0.05) is 0 Å². The molecule has 2 rings (SSSR count). The molecule has 1 aliphatic rings. The summed E-state index contributed by atoms with van der Waals surface area (Å²) < 4.78 is 5.48. The topological polar surface area (TPSA) is 12.5 Å². The van der Waals surface area contributed by atoms with E-state index in [-0.39, 0.29) is 0 Å². The Morgan fingerprint density at radius 3 is 2.60 bits per heavy atom. The third kappa shape index (κ3) is 2.40. The van der Waals surface area contributed by atoms with Gasteiger partial charge in [-0.05, 0) is 44.2 Å². The molecule has 15 heavy (non-hydrogen) atoms. The zero-order valence-corrected chi connectivity index (χ0v) is 10.1. The van der Waals surface area contributed by atoms with Crippen LogP contribution in [0.2, 0.25) is 0 Å². The lowest BCUT2D eigenvalue weighted by molar-refractivity contribution is 0.362. The maximum absolute atomic E-state index is 5.48. The van der Waals surface area contributed by atoms with E-state index >= 15 is 0 Å². The SMILES string of the molecule is Cc1ccc(C)c(C(C)CC2OC2C)c1. The van der Waals surface area contributed by atoms with Gasteiger partial charge in [0.25, 0.3) is 0 Å². The maximum Gasteiger partial charge on any atom is 0.0844 e. The van der Waals surface area contributed by atoms with E-state index in [1.165, 1.54) is 16.7 Å². The van der Waals surface area contributed by atoms with Crippen molar-refractivity contribution in [2.24, 2.45) is 0 Å². The number of benzene rings is 1. The maximum atomic E-state index is 5.48. The molecule has 1 aromatic carbocycles. The normalized spacial score (nSPS) is 26.4. The Morgan fingerprint density at radius 2 is 2.00 bits per heavy atom. The fraction of sp³-hybridized carbons (Fsp3) is 0.571. The van der Waals surface area contributed by atoms with Crippen LogP contribution in [0.3, 0.4) is 0 Å². The van der Waals surface area contributed by atoms with Gasteiger partial charge >= 0.3 is 0 Å². The second-order valence-corrected chi connectivity index (χ2v) is 4.88. The van der Waals surface area contributed by atoms with E-state index in [1.807, 2.05) is 0 Å². The molecule has 0 amide bonds. The number of aryl methyl sites for hydroxylation is 2. The van der Waals surface area contributed by atoms with Crippen LogP contribution >= 0.6 is 0 Å². The Labute approximate surface area is 92.5 Å². The predicted octanol–water partition coefficient (Wildman–Crippen LogP) is 3.58. The smallest absolute Gasteiger partial charge is 0.0844 e. The lowest BCUT2D eigenvalue weighted by Gasteiger charge is -2.14. The van der Waals surface area contributed by atoms with E-state index in [9.17, 15) is 0 Å². The van der Waals surface area contributed by atoms with Crippen LogP contribution < -0.4 is 0 Å². The summed E-state index contributed by atoms with van der Waals surface area (Å²) in [6.07, 6.45) is 2.14. The van der Waals surface area contributed by atoms with Crippen molar-refractivity contribution in [1.29, 1.82) is 0 Å². The van der Waals surface area contributed by atoms with Crippen LogP contribution in [0.15, 0.2) is 18.2 Å². The standard InChI is InChI=1S/C14H20O/c1-9-5-6-10(2)13(7-9)11(3)8-14-12(4)15-14/h5-7,11-12,14H,8H2,1-4H3. The van der Waals surface area contributed by atoms with Crippen LogP contribution in [0.5, 0.6) is 0 Å². The molecule has 3 atom stereocenters. The second kappa shape index (κ2) is 3.97. The molecule has 1 nitrogen and oxygen atoms in total. The summed E-state index contributed by atoms with van der Waals surface area (Å²) in [6.45, 7) is 8.81. The molecular weight excluding hydrogens is 184 g/mol. The number of rotatable bonds is 3. The number of hydrogen-bond donors (Lipinski definition) is 0. The van der Waals surface area contributed by atoms with Crippen LogP contribution in [0.25, 0.3) is 0 Å². The molecule has 1 heterocycles. The Balaban J connectivity index is 2.10. The first kappa shape index (κ1) is 10.7. The summed E-state index contributed by atoms with van der Waals surface area (Å²) in [6, 6.07) is 6.72. The fourth-order valence-corrected chi connectivity index (χ4v) is 2.24. The van der Waals surface area contributed by atoms with Gasteiger partial charge in [-0.15, -0.1) is 0 Å². The van der Waals surface area contributed by atoms with Crippen LogP contribution in [-0.2, 0) is 4.74 Å². The molecule has 1 saturated heterocycles. The van der Waals surface area contributed by atoms with E-state index in [0.29, 0.717) is 18.1 Å². The average molecular weight is 204 g/mol. The van der Waals surface area contributed by atoms with Gasteiger partial charge in [-0.3, -0.25) is 0 Å². The summed E-state index contributed by atoms with van der Waals surface area (Å²) >= 11 is 0. The zero-order valence-electron chi connectivity index (χ0n) is 10.1. The lowest BCUT2D eigenvalue weighted by atomic mass is 9.91. The van der Waals surface area contributed by atoms with Crippen LogP contribution in [-0.4, -0.2) is 12.2 Å². The fourth-order valence-electron chi connectivity index (χ4n) is 2.24. The van der Waals surface area contributed by atoms with Crippen molar-refractivity contribution in [3.8, 4) is 0 Å². The number of ether oxygens (including phenoxy) is 1. The second-order valence-electron chi connectivity index (χ2n) is 4.88. The molecule has 1 aromatic rings. The largest absolute Gasteiger partial charge is 0.370 e. The van der Waals surface area contributed by atoms with Gasteiger partial charge in [0.15, 0.2) is 0 Å². The molecule has 0 radical (unpaired) electrons. The molecule has 1 aliphatic heterocycles. The van der Waals surface area contributed by atoms with Gasteiger partial charge in [-0.25, -0.2) is 0 Å². The molecule has 0 spiro atoms. The average Bonchev–Trinajstić information content (AvgIpc) is 2.86. The molecule has 82 valence electrons. The summed E-state index contributed by atoms with van der Waals surface area (Å²) in [5, 5.41) is 0. The minimum atomic E-state index is 0.484. The lowest BCUT2D eigenvalue weighted by Crippen LogP contribution is -2.02. The summed E-state index contributed by atoms with van der Waals surface area (Å²) in [5.41, 5.74) is 4.24. The quantitative estimate of drug-likeness (QED) is 0.685. The van der Waals surface area contributed by atoms with Gasteiger partial charge in [0.05, 0.1) is 12.2 Å². The van der Waals surface area contributed by atoms with Crippen LogP contribution in [0.1, 0.15) is 42.9 Å². The highest BCUT2D eigenvalue weighted by molar-refractivity contribution is 5.33. The first-order valence-corrected chi connectivity index (χ1v) is 5.80. The van der Waals surface area contributed by atoms with Gasteiger partial charge in [-0.2, -0.15) is 0 Å². The van der Waals surface area contributed by atoms with Gasteiger partial charge in [0.1, 0.15) is 0 Å². The molecule has 0 aliphatic carbocycles. The monoisotopic (exact) mass is 204 g/mol. The van der Waals surface area contributed by atoms with Crippen molar-refractivity contribution in [1.82, 2.24) is 0 Å². The van der Waals surface area contributed by atoms with E-state index in [1.54, 1.807) is 0 Å². The first-order valence-electron chi connectivity index (χ1n) is 5.80. The zero-order chi connectivity index (χ0) is 11.0. The molecule has 0 aromatic heterocycles. The van der Waals surface area contributed by atoms with Crippen molar-refractivity contribution >= 4 is 0 Å². The predicted molar refractivity (Wildman–Crippen MR) is 63.3 cm³/mol.